The van der Waals surface area contributed by atoms with Crippen LogP contribution in [0.5, 0.6) is 0 Å². The standard InChI is InChI=1S/C30H35F5N8O4/c1-29(2,3)46-28(45)38-22-15-43(13-19(22)18-10-17(31)6-7-20(18)32)26-36-11-16(12-37-26)24(44)41(5)23-8-9-42(14-21(23)33)27-39-25(40-47-27)30(4,34)35/h6-7,10-12,19,21-23H,8-9,13-15H2,1-5H3,(H,38,45)/t19-,21?,22+,23?/m1/s1. The number of rotatable bonds is 7. The van der Waals surface area contributed by atoms with Crippen LogP contribution in [0.1, 0.15) is 61.8 Å². The molecule has 2 aliphatic heterocycles. The number of piperidine rings is 1. The number of benzene rings is 1. The molecule has 47 heavy (non-hydrogen) atoms. The van der Waals surface area contributed by atoms with Gasteiger partial charge in [0.05, 0.1) is 24.2 Å². The van der Waals surface area contributed by atoms with Gasteiger partial charge in [-0.1, -0.05) is 5.16 Å². The van der Waals surface area contributed by atoms with Gasteiger partial charge in [-0.2, -0.15) is 13.8 Å². The highest BCUT2D eigenvalue weighted by Gasteiger charge is 2.40. The number of hydrogen-bond donors (Lipinski definition) is 1. The van der Waals surface area contributed by atoms with Crippen molar-refractivity contribution >= 4 is 24.0 Å². The zero-order valence-corrected chi connectivity index (χ0v) is 26.4. The van der Waals surface area contributed by atoms with E-state index in [-0.39, 0.29) is 55.7 Å². The average molecular weight is 667 g/mol. The highest BCUT2D eigenvalue weighted by molar-refractivity contribution is 5.93. The third-order valence-electron chi connectivity index (χ3n) is 7.95. The van der Waals surface area contributed by atoms with Crippen molar-refractivity contribution in [3.05, 3.63) is 59.2 Å². The second kappa shape index (κ2) is 12.9. The minimum Gasteiger partial charge on any atom is -0.444 e. The van der Waals surface area contributed by atoms with Crippen LogP contribution >= 0.6 is 0 Å². The van der Waals surface area contributed by atoms with E-state index in [2.05, 4.69) is 25.4 Å². The lowest BCUT2D eigenvalue weighted by molar-refractivity contribution is 0.00557. The Morgan fingerprint density at radius 2 is 1.77 bits per heavy atom. The molecule has 2 fully saturated rings. The maximum absolute atomic E-state index is 15.3. The van der Waals surface area contributed by atoms with Gasteiger partial charge in [0.1, 0.15) is 23.4 Å². The van der Waals surface area contributed by atoms with Gasteiger partial charge in [0.2, 0.25) is 11.8 Å². The maximum Gasteiger partial charge on any atom is 0.407 e. The lowest BCUT2D eigenvalue weighted by atomic mass is 9.94. The van der Waals surface area contributed by atoms with Gasteiger partial charge in [0, 0.05) is 51.9 Å². The minimum atomic E-state index is -3.31. The van der Waals surface area contributed by atoms with Crippen LogP contribution in [0, 0.1) is 11.6 Å². The third-order valence-corrected chi connectivity index (χ3v) is 7.95. The number of amides is 2. The van der Waals surface area contributed by atoms with Crippen molar-refractivity contribution in [3.8, 4) is 0 Å². The summed E-state index contributed by atoms with van der Waals surface area (Å²) in [4.78, 5) is 42.4. The summed E-state index contributed by atoms with van der Waals surface area (Å²) in [7, 11) is 1.44. The van der Waals surface area contributed by atoms with Crippen LogP contribution in [0.15, 0.2) is 35.1 Å². The van der Waals surface area contributed by atoms with E-state index >= 15 is 4.39 Å². The first-order chi connectivity index (χ1) is 22.0. The Labute approximate surface area is 267 Å². The Bertz CT molecular complexity index is 1600. The van der Waals surface area contributed by atoms with Gasteiger partial charge in [0.25, 0.3) is 5.91 Å². The van der Waals surface area contributed by atoms with E-state index in [1.807, 2.05) is 0 Å². The van der Waals surface area contributed by atoms with E-state index in [0.29, 0.717) is 6.92 Å². The van der Waals surface area contributed by atoms with Gasteiger partial charge in [-0.25, -0.2) is 27.9 Å². The van der Waals surface area contributed by atoms with Crippen LogP contribution in [0.25, 0.3) is 0 Å². The molecule has 1 aromatic carbocycles. The van der Waals surface area contributed by atoms with Crippen LogP contribution in [0.4, 0.5) is 38.7 Å². The van der Waals surface area contributed by atoms with Crippen LogP contribution in [0.2, 0.25) is 0 Å². The van der Waals surface area contributed by atoms with E-state index < -0.39 is 65.2 Å². The minimum absolute atomic E-state index is 0.0663. The quantitative estimate of drug-likeness (QED) is 0.362. The summed E-state index contributed by atoms with van der Waals surface area (Å²) in [5.41, 5.74) is -0.642. The summed E-state index contributed by atoms with van der Waals surface area (Å²) >= 11 is 0. The first-order valence-corrected chi connectivity index (χ1v) is 14.9. The molecule has 5 rings (SSSR count). The molecule has 4 atom stereocenters. The summed E-state index contributed by atoms with van der Waals surface area (Å²) in [6, 6.07) is 1.35. The highest BCUT2D eigenvalue weighted by Crippen LogP contribution is 2.33. The molecule has 2 unspecified atom stereocenters. The van der Waals surface area contributed by atoms with Crippen molar-refractivity contribution < 1.29 is 40.8 Å². The van der Waals surface area contributed by atoms with E-state index in [4.69, 9.17) is 9.26 Å². The molecule has 4 heterocycles. The smallest absolute Gasteiger partial charge is 0.407 e. The van der Waals surface area contributed by atoms with E-state index in [1.165, 1.54) is 29.2 Å². The molecule has 2 amide bonds. The number of hydrogen-bond acceptors (Lipinski definition) is 10. The molecular weight excluding hydrogens is 631 g/mol. The molecule has 0 bridgehead atoms. The van der Waals surface area contributed by atoms with E-state index in [1.54, 1.807) is 25.7 Å². The number of carbonyl (C=O) groups is 2. The molecule has 2 aromatic heterocycles. The van der Waals surface area contributed by atoms with Gasteiger partial charge < -0.3 is 29.3 Å². The van der Waals surface area contributed by atoms with Crippen molar-refractivity contribution in [1.82, 2.24) is 30.3 Å². The predicted molar refractivity (Wildman–Crippen MR) is 158 cm³/mol. The van der Waals surface area contributed by atoms with Crippen LogP contribution < -0.4 is 15.1 Å². The third kappa shape index (κ3) is 7.71. The van der Waals surface area contributed by atoms with Crippen LogP contribution in [-0.2, 0) is 10.7 Å². The lowest BCUT2D eigenvalue weighted by Crippen LogP contribution is -2.53. The summed E-state index contributed by atoms with van der Waals surface area (Å²) in [5, 5.41) is 6.01. The number of alkyl halides is 3. The van der Waals surface area contributed by atoms with E-state index in [9.17, 15) is 27.2 Å². The molecule has 17 heteroatoms. The molecule has 2 saturated heterocycles. The number of nitrogens with zero attached hydrogens (tertiary/aromatic N) is 7. The summed E-state index contributed by atoms with van der Waals surface area (Å²) in [5.74, 6) is -6.44. The average Bonchev–Trinajstić information content (AvgIpc) is 3.65. The fourth-order valence-electron chi connectivity index (χ4n) is 5.66. The van der Waals surface area contributed by atoms with E-state index in [0.717, 1.165) is 18.2 Å². The highest BCUT2D eigenvalue weighted by atomic mass is 19.3. The number of alkyl carbamates (subject to hydrolysis) is 1. The van der Waals surface area contributed by atoms with Crippen LogP contribution in [0.3, 0.4) is 0 Å². The van der Waals surface area contributed by atoms with Gasteiger partial charge >= 0.3 is 18.0 Å². The Morgan fingerprint density at radius 3 is 2.38 bits per heavy atom. The second-order valence-electron chi connectivity index (χ2n) is 12.7. The molecule has 0 aliphatic carbocycles. The second-order valence-corrected chi connectivity index (χ2v) is 12.7. The fraction of sp³-hybridized carbons (Fsp3) is 0.533. The number of carbonyl (C=O) groups excluding carboxylic acids is 2. The number of anilines is 2. The fourth-order valence-corrected chi connectivity index (χ4v) is 5.66. The van der Waals surface area contributed by atoms with Crippen molar-refractivity contribution in [3.63, 3.8) is 0 Å². The molecule has 2 aliphatic rings. The number of ether oxygens (including phenoxy) is 1. The molecule has 3 aromatic rings. The van der Waals surface area contributed by atoms with Gasteiger partial charge in [-0.15, -0.1) is 0 Å². The van der Waals surface area contributed by atoms with Gasteiger partial charge in [-0.3, -0.25) is 4.79 Å². The number of aromatic nitrogens is 4. The lowest BCUT2D eigenvalue weighted by Gasteiger charge is -2.38. The zero-order valence-electron chi connectivity index (χ0n) is 26.4. The maximum atomic E-state index is 15.3. The van der Waals surface area contributed by atoms with Crippen molar-refractivity contribution in [2.75, 3.05) is 43.0 Å². The monoisotopic (exact) mass is 666 g/mol. The molecule has 254 valence electrons. The topological polar surface area (TPSA) is 130 Å². The van der Waals surface area contributed by atoms with Crippen molar-refractivity contribution in [2.45, 2.75) is 69.8 Å². The van der Waals surface area contributed by atoms with Crippen LogP contribution in [-0.4, -0.2) is 94.1 Å². The zero-order chi connectivity index (χ0) is 34.3. The SMILES string of the molecule is CN(C(=O)c1cnc(N2C[C@H](NC(=O)OC(C)(C)C)[C@@H](c3cc(F)ccc3F)C2)nc1)C1CCN(c2nc(C(C)(F)F)no2)CC1F. The summed E-state index contributed by atoms with van der Waals surface area (Å²) < 4.78 is 81.4. The molecule has 1 N–H and O–H groups in total. The van der Waals surface area contributed by atoms with Gasteiger partial charge in [0.15, 0.2) is 0 Å². The Morgan fingerprint density at radius 1 is 1.06 bits per heavy atom. The predicted octanol–water partition coefficient (Wildman–Crippen LogP) is 4.44. The Balaban J connectivity index is 1.26. The molecule has 0 saturated carbocycles. The first-order valence-electron chi connectivity index (χ1n) is 14.9. The number of nitrogens with one attached hydrogen (secondary N) is 1. The largest absolute Gasteiger partial charge is 0.444 e. The first kappa shape index (κ1) is 33.8. The molecular formula is C30H35F5N8O4. The molecule has 0 spiro atoms. The molecule has 12 nitrogen and oxygen atoms in total. The van der Waals surface area contributed by atoms with Crippen molar-refractivity contribution in [2.24, 2.45) is 0 Å². The molecule has 0 radical (unpaired) electrons. The Kier molecular flexibility index (Phi) is 9.28. The van der Waals surface area contributed by atoms with Gasteiger partial charge in [-0.05, 0) is 51.0 Å². The van der Waals surface area contributed by atoms with Crippen molar-refractivity contribution in [1.29, 1.82) is 0 Å². The Hall–Kier alpha value is -4.57. The normalized spacial score (nSPS) is 21.9. The summed E-state index contributed by atoms with van der Waals surface area (Å²) in [6.45, 7) is 5.90. The number of halogens is 5. The summed E-state index contributed by atoms with van der Waals surface area (Å²) in [6.07, 6.45) is 0.425.